The summed E-state index contributed by atoms with van der Waals surface area (Å²) in [5.74, 6) is -1.40. The maximum absolute atomic E-state index is 14.1. The van der Waals surface area contributed by atoms with E-state index in [9.17, 15) is 29.1 Å². The van der Waals surface area contributed by atoms with Crippen LogP contribution in [0.1, 0.15) is 111 Å². The Bertz CT molecular complexity index is 3060. The summed E-state index contributed by atoms with van der Waals surface area (Å²) in [5.41, 5.74) is 10.5. The van der Waals surface area contributed by atoms with Gasteiger partial charge in [0.15, 0.2) is 11.5 Å². The molecule has 8 rings (SSSR count). The van der Waals surface area contributed by atoms with Gasteiger partial charge in [-0.05, 0) is 59.2 Å². The summed E-state index contributed by atoms with van der Waals surface area (Å²) in [6.45, 7) is 27.8. The number of aromatic amines is 1. The number of rotatable bonds is 27. The van der Waals surface area contributed by atoms with Gasteiger partial charge in [0.1, 0.15) is 11.8 Å². The van der Waals surface area contributed by atoms with E-state index >= 15 is 0 Å². The molecule has 2 aliphatic heterocycles. The summed E-state index contributed by atoms with van der Waals surface area (Å²) >= 11 is 1.58. The van der Waals surface area contributed by atoms with E-state index in [-0.39, 0.29) is 74.7 Å². The van der Waals surface area contributed by atoms with Gasteiger partial charge in [0, 0.05) is 97.7 Å². The average molecular weight is 1130 g/mol. The lowest BCUT2D eigenvalue weighted by atomic mass is 9.70. The highest BCUT2D eigenvalue weighted by molar-refractivity contribution is 7.13. The lowest BCUT2D eigenvalue weighted by molar-refractivity contribution is -0.146. The van der Waals surface area contributed by atoms with E-state index in [2.05, 4.69) is 57.9 Å². The van der Waals surface area contributed by atoms with Crippen molar-refractivity contribution < 1.29 is 52.8 Å². The Morgan fingerprint density at radius 3 is 2.10 bits per heavy atom. The molecule has 19 heteroatoms. The van der Waals surface area contributed by atoms with E-state index in [0.29, 0.717) is 96.9 Å². The number of amides is 3. The fourth-order valence-corrected chi connectivity index (χ4v) is 11.9. The second-order valence-electron chi connectivity index (χ2n) is 22.7. The fourth-order valence-electron chi connectivity index (χ4n) is 11.1. The number of β-amino-alcohol motifs (C(OH)–C–C–N with tert-alkyl or cyclic N) is 1. The van der Waals surface area contributed by atoms with E-state index in [1.54, 1.807) is 17.4 Å². The van der Waals surface area contributed by atoms with Crippen molar-refractivity contribution in [2.24, 2.45) is 11.3 Å². The topological polar surface area (TPSA) is 207 Å². The van der Waals surface area contributed by atoms with E-state index in [0.717, 1.165) is 67.1 Å². The average Bonchev–Trinajstić information content (AvgIpc) is 2.91. The van der Waals surface area contributed by atoms with Crippen molar-refractivity contribution in [1.82, 2.24) is 25.1 Å². The van der Waals surface area contributed by atoms with Crippen LogP contribution >= 0.6 is 11.3 Å². The lowest BCUT2D eigenvalue weighted by Crippen LogP contribution is -2.50. The molecule has 2 fully saturated rings. The van der Waals surface area contributed by atoms with Gasteiger partial charge in [-0.2, -0.15) is 0 Å². The minimum Gasteiger partial charge on any atom is -0.391 e. The van der Waals surface area contributed by atoms with Crippen LogP contribution in [-0.4, -0.2) is 165 Å². The van der Waals surface area contributed by atoms with Crippen LogP contribution in [0.3, 0.4) is 0 Å². The quantitative estimate of drug-likeness (QED) is 0.0337. The molecule has 1 aliphatic carbocycles. The van der Waals surface area contributed by atoms with Gasteiger partial charge >= 0.3 is 0 Å². The number of hydrogen-bond acceptors (Lipinski definition) is 14. The highest BCUT2D eigenvalue weighted by Crippen LogP contribution is 2.46. The molecule has 5 aromatic rings. The number of benzene rings is 3. The van der Waals surface area contributed by atoms with Crippen LogP contribution in [-0.2, 0) is 61.2 Å². The normalized spacial score (nSPS) is 17.3. The molecule has 2 aromatic heterocycles. The Kier molecular flexibility index (Phi) is 20.7. The van der Waals surface area contributed by atoms with E-state index < -0.39 is 28.9 Å². The number of anilines is 1. The number of piperazine rings is 1. The first-order valence-electron chi connectivity index (χ1n) is 28.3. The van der Waals surface area contributed by atoms with Crippen molar-refractivity contribution >= 4 is 62.9 Å². The predicted molar refractivity (Wildman–Crippen MR) is 311 cm³/mol. The number of ether oxygens (including phenoxy) is 5. The van der Waals surface area contributed by atoms with E-state index in [1.165, 1.54) is 4.90 Å². The Morgan fingerprint density at radius 2 is 1.51 bits per heavy atom. The zero-order valence-electron chi connectivity index (χ0n) is 48.0. The maximum Gasteiger partial charge on any atom is 0.243 e. The van der Waals surface area contributed by atoms with Gasteiger partial charge in [0.2, 0.25) is 17.7 Å². The number of carbonyl (C=O) groups is 5. The Hall–Kier alpha value is -6.37. The number of fused-ring (bicyclic) bond motifs is 4. The van der Waals surface area contributed by atoms with Crippen LogP contribution in [0, 0.1) is 24.8 Å². The first-order valence-corrected chi connectivity index (χ1v) is 29.2. The molecule has 3 N–H and O–H groups in total. The number of nitrogens with zero attached hydrogens (tertiary/aromatic N) is 5. The molecule has 4 heterocycles. The van der Waals surface area contributed by atoms with Crippen molar-refractivity contribution in [3.05, 3.63) is 111 Å². The molecule has 0 unspecified atom stereocenters. The number of aromatic nitrogens is 2. The van der Waals surface area contributed by atoms with Crippen molar-refractivity contribution in [2.75, 3.05) is 104 Å². The van der Waals surface area contributed by atoms with Gasteiger partial charge in [0.25, 0.3) is 0 Å². The predicted octanol–water partition coefficient (Wildman–Crippen LogP) is 7.99. The molecule has 434 valence electrons. The van der Waals surface area contributed by atoms with Crippen LogP contribution in [0.5, 0.6) is 0 Å². The van der Waals surface area contributed by atoms with Crippen molar-refractivity contribution in [1.29, 1.82) is 0 Å². The molecular formula is C62H79N7O11S. The molecule has 0 spiro atoms. The van der Waals surface area contributed by atoms with E-state index in [4.69, 9.17) is 30.3 Å². The molecule has 0 saturated carbocycles. The van der Waals surface area contributed by atoms with Gasteiger partial charge in [-0.1, -0.05) is 77.9 Å². The monoisotopic (exact) mass is 1130 g/mol. The molecule has 0 radical (unpaired) electrons. The van der Waals surface area contributed by atoms with Gasteiger partial charge in [-0.15, -0.1) is 11.3 Å². The fraction of sp³-hybridized carbons (Fsp3) is 0.532. The number of nitrogens with one attached hydrogen (secondary N) is 2. The largest absolute Gasteiger partial charge is 0.391 e. The van der Waals surface area contributed by atoms with Gasteiger partial charge < -0.3 is 53.8 Å². The zero-order valence-corrected chi connectivity index (χ0v) is 48.8. The van der Waals surface area contributed by atoms with Crippen LogP contribution in [0.25, 0.3) is 26.2 Å². The highest BCUT2D eigenvalue weighted by atomic mass is 32.1. The first-order chi connectivity index (χ1) is 38.9. The van der Waals surface area contributed by atoms with Crippen LogP contribution in [0.4, 0.5) is 11.4 Å². The third kappa shape index (κ3) is 14.8. The number of ketones is 2. The molecular weight excluding hydrogens is 1050 g/mol. The number of carbonyl (C=O) groups excluding carboxylic acids is 5. The second kappa shape index (κ2) is 27.6. The number of likely N-dealkylation sites (tertiary alicyclic amines) is 1. The molecule has 3 aromatic carbocycles. The standard InChI is InChI=1S/C62H79N7O11S/c1-9-42-32-48-49(62(6,7)58-55(56(48)73)47-15-14-44(63-8)33-51(47)66-58)36-52(42)67-18-20-68(21-19-67)54(72)17-23-77-25-27-79-29-31-80-30-28-78-26-24-76-22-16-45(70)34-50(61(3,4)5)60(75)69-38-46(71)35-53(69)59(74)64-37-41-10-12-43(13-11-41)57-40(2)65-39-81-57/h10-15,32-33,36,39,46,50,53,66,71H,9,16-31,34-35,37-38H2,1-7H3,(H,64,74)/t46-,50-,53+/m1/s1. The number of H-pyrrole nitrogens is 1. The lowest BCUT2D eigenvalue weighted by Gasteiger charge is -2.39. The van der Waals surface area contributed by atoms with Gasteiger partial charge in [0.05, 0.1) is 107 Å². The number of hydrogen-bond donors (Lipinski definition) is 3. The number of aliphatic hydroxyl groups excluding tert-OH is 1. The summed E-state index contributed by atoms with van der Waals surface area (Å²) in [4.78, 5) is 86.1. The van der Waals surface area contributed by atoms with Crippen molar-refractivity contribution in [3.8, 4) is 10.4 Å². The summed E-state index contributed by atoms with van der Waals surface area (Å²) in [6.07, 6.45) is 0.467. The molecule has 18 nitrogen and oxygen atoms in total. The van der Waals surface area contributed by atoms with Crippen molar-refractivity contribution in [3.63, 3.8) is 0 Å². The molecule has 81 heavy (non-hydrogen) atoms. The summed E-state index contributed by atoms with van der Waals surface area (Å²) in [5, 5.41) is 14.4. The summed E-state index contributed by atoms with van der Waals surface area (Å²) in [7, 11) is 0. The minimum absolute atomic E-state index is 0.00213. The second-order valence-corrected chi connectivity index (χ2v) is 23.6. The molecule has 0 bridgehead atoms. The first kappa shape index (κ1) is 60.7. The number of thiazole rings is 1. The maximum atomic E-state index is 14.1. The van der Waals surface area contributed by atoms with Gasteiger partial charge in [-0.25, -0.2) is 9.83 Å². The zero-order chi connectivity index (χ0) is 57.8. The van der Waals surface area contributed by atoms with Crippen molar-refractivity contribution in [2.45, 2.75) is 105 Å². The van der Waals surface area contributed by atoms with Gasteiger partial charge in [-0.3, -0.25) is 24.0 Å². The number of aryl methyl sites for hydroxylation is 2. The summed E-state index contributed by atoms with van der Waals surface area (Å²) < 4.78 is 28.2. The number of aliphatic hydroxyl groups is 1. The third-order valence-electron chi connectivity index (χ3n) is 15.8. The molecule has 3 aliphatic rings. The Labute approximate surface area is 479 Å². The third-order valence-corrected chi connectivity index (χ3v) is 16.8. The molecule has 2 saturated heterocycles. The van der Waals surface area contributed by atoms with Crippen LogP contribution in [0.2, 0.25) is 0 Å². The molecule has 3 atom stereocenters. The Morgan fingerprint density at radius 1 is 0.877 bits per heavy atom. The minimum atomic E-state index is -0.842. The molecule has 3 amide bonds. The SMILES string of the molecule is [C-]#[N+]c1ccc2c3c([nH]c2c1)C(C)(C)c1cc(N2CCN(C(=O)CCOCCOCCOCCOCCOCCC(=O)C[C@H](C(=O)N4C[C@H](O)C[C@H]4C(=O)NCc4ccc(-c5scnc5C)cc4)C(C)(C)C)CC2)c(CC)cc1C3=O. The number of Topliss-reactive ketones (excluding diaryl/α,β-unsaturated/α-hetero) is 1. The van der Waals surface area contributed by atoms with Crippen LogP contribution in [0.15, 0.2) is 60.1 Å². The van der Waals surface area contributed by atoms with E-state index in [1.807, 2.05) is 74.5 Å². The summed E-state index contributed by atoms with van der Waals surface area (Å²) in [6, 6.07) is 16.8. The Balaban J connectivity index is 0.638. The smallest absolute Gasteiger partial charge is 0.243 e. The highest BCUT2D eigenvalue weighted by Gasteiger charge is 2.45. The van der Waals surface area contributed by atoms with Crippen LogP contribution < -0.4 is 10.2 Å².